The van der Waals surface area contributed by atoms with Crippen molar-refractivity contribution in [1.82, 2.24) is 20.2 Å². The van der Waals surface area contributed by atoms with Gasteiger partial charge in [-0.25, -0.2) is 4.68 Å². The van der Waals surface area contributed by atoms with E-state index >= 15 is 0 Å². The number of aromatic nitrogens is 4. The number of nitrogens with zero attached hydrogens (tertiary/aromatic N) is 4. The van der Waals surface area contributed by atoms with Gasteiger partial charge in [0.2, 0.25) is 0 Å². The maximum absolute atomic E-state index is 5.99. The Labute approximate surface area is 117 Å². The van der Waals surface area contributed by atoms with E-state index in [1.54, 1.807) is 0 Å². The Morgan fingerprint density at radius 2 is 2.25 bits per heavy atom. The minimum Gasteiger partial charge on any atom is -0.398 e. The molecule has 2 aromatic rings. The molecule has 3 rings (SSSR count). The van der Waals surface area contributed by atoms with E-state index in [9.17, 15) is 0 Å². The molecule has 6 heteroatoms. The van der Waals surface area contributed by atoms with Crippen molar-refractivity contribution < 1.29 is 4.74 Å². The van der Waals surface area contributed by atoms with Gasteiger partial charge in [0.05, 0.1) is 11.6 Å². The fraction of sp³-hybridized carbons (Fsp3) is 0.500. The molecule has 2 heterocycles. The molecule has 0 spiro atoms. The van der Waals surface area contributed by atoms with Gasteiger partial charge in [-0.1, -0.05) is 12.1 Å². The molecular formula is C14H19N5O. The third-order valence-electron chi connectivity index (χ3n) is 4.42. The summed E-state index contributed by atoms with van der Waals surface area (Å²) in [4.78, 5) is 0. The molecule has 0 bridgehead atoms. The van der Waals surface area contributed by atoms with Crippen LogP contribution in [0.15, 0.2) is 18.2 Å². The predicted octanol–water partition coefficient (Wildman–Crippen LogP) is 1.75. The molecule has 0 radical (unpaired) electrons. The highest BCUT2D eigenvalue weighted by atomic mass is 16.5. The fourth-order valence-corrected chi connectivity index (χ4v) is 2.70. The maximum atomic E-state index is 5.99. The first-order valence-electron chi connectivity index (χ1n) is 6.80. The fourth-order valence-electron chi connectivity index (χ4n) is 2.70. The molecule has 0 aliphatic carbocycles. The summed E-state index contributed by atoms with van der Waals surface area (Å²) in [6.07, 6.45) is 0.972. The Kier molecular flexibility index (Phi) is 2.97. The van der Waals surface area contributed by atoms with E-state index < -0.39 is 0 Å². The number of rotatable bonds is 2. The molecule has 1 fully saturated rings. The summed E-state index contributed by atoms with van der Waals surface area (Å²) in [5.74, 6) is 0.745. The van der Waals surface area contributed by atoms with E-state index in [0.717, 1.165) is 35.7 Å². The van der Waals surface area contributed by atoms with Gasteiger partial charge in [-0.15, -0.1) is 5.10 Å². The first kappa shape index (κ1) is 13.1. The number of ether oxygens (including phenoxy) is 1. The van der Waals surface area contributed by atoms with Crippen molar-refractivity contribution >= 4 is 5.69 Å². The van der Waals surface area contributed by atoms with Crippen LogP contribution in [0.4, 0.5) is 5.69 Å². The summed E-state index contributed by atoms with van der Waals surface area (Å²) < 4.78 is 7.58. The first-order valence-corrected chi connectivity index (χ1v) is 6.80. The molecule has 0 amide bonds. The molecule has 1 aromatic carbocycles. The Morgan fingerprint density at radius 3 is 2.95 bits per heavy atom. The van der Waals surface area contributed by atoms with Crippen LogP contribution in [0.2, 0.25) is 0 Å². The number of tetrazole rings is 1. The molecule has 1 aromatic heterocycles. The standard InChI is InChI=1S/C14H19N5O/c1-9-11(5-4-6-12(9)15)13-16-17-18-19(13)14(3)7-8-20-10(14)2/h4-6,10H,7-8,15H2,1-3H3. The molecule has 2 atom stereocenters. The summed E-state index contributed by atoms with van der Waals surface area (Å²) in [5, 5.41) is 12.3. The molecule has 2 unspecified atom stereocenters. The van der Waals surface area contributed by atoms with Crippen LogP contribution in [0.5, 0.6) is 0 Å². The number of benzene rings is 1. The molecule has 1 aliphatic heterocycles. The average Bonchev–Trinajstić information content (AvgIpc) is 3.02. The average molecular weight is 273 g/mol. The van der Waals surface area contributed by atoms with E-state index in [0.29, 0.717) is 0 Å². The highest BCUT2D eigenvalue weighted by Gasteiger charge is 2.41. The Bertz CT molecular complexity index is 638. The van der Waals surface area contributed by atoms with Gasteiger partial charge in [-0.05, 0) is 49.2 Å². The minimum absolute atomic E-state index is 0.0751. The quantitative estimate of drug-likeness (QED) is 0.843. The number of nitrogens with two attached hydrogens (primary N) is 1. The van der Waals surface area contributed by atoms with Crippen LogP contribution in [-0.4, -0.2) is 32.9 Å². The van der Waals surface area contributed by atoms with Crippen LogP contribution < -0.4 is 5.73 Å². The normalized spacial score (nSPS) is 26.1. The lowest BCUT2D eigenvalue weighted by molar-refractivity contribution is 0.0706. The van der Waals surface area contributed by atoms with Gasteiger partial charge in [-0.2, -0.15) is 0 Å². The van der Waals surface area contributed by atoms with E-state index in [1.165, 1.54) is 0 Å². The zero-order chi connectivity index (χ0) is 14.3. The van der Waals surface area contributed by atoms with Crippen molar-refractivity contribution in [2.24, 2.45) is 0 Å². The number of hydrogen-bond donors (Lipinski definition) is 1. The zero-order valence-electron chi connectivity index (χ0n) is 12.0. The molecule has 1 aliphatic rings. The van der Waals surface area contributed by atoms with Gasteiger partial charge < -0.3 is 10.5 Å². The maximum Gasteiger partial charge on any atom is 0.182 e. The van der Waals surface area contributed by atoms with Crippen LogP contribution in [0.25, 0.3) is 11.4 Å². The van der Waals surface area contributed by atoms with E-state index in [4.69, 9.17) is 10.5 Å². The summed E-state index contributed by atoms with van der Waals surface area (Å²) >= 11 is 0. The Morgan fingerprint density at radius 1 is 1.45 bits per heavy atom. The van der Waals surface area contributed by atoms with Crippen molar-refractivity contribution in [3.8, 4) is 11.4 Å². The molecule has 106 valence electrons. The lowest BCUT2D eigenvalue weighted by atomic mass is 9.94. The highest BCUT2D eigenvalue weighted by Crippen LogP contribution is 2.36. The van der Waals surface area contributed by atoms with Gasteiger partial charge in [0.15, 0.2) is 5.82 Å². The van der Waals surface area contributed by atoms with Crippen LogP contribution in [0, 0.1) is 6.92 Å². The van der Waals surface area contributed by atoms with Crippen molar-refractivity contribution in [2.45, 2.75) is 38.8 Å². The van der Waals surface area contributed by atoms with Crippen molar-refractivity contribution in [3.05, 3.63) is 23.8 Å². The van der Waals surface area contributed by atoms with Crippen LogP contribution in [0.1, 0.15) is 25.8 Å². The SMILES string of the molecule is Cc1c(N)cccc1-c1nnnn1C1(C)CCOC1C. The summed E-state index contributed by atoms with van der Waals surface area (Å²) in [6, 6.07) is 5.81. The molecule has 0 saturated carbocycles. The Balaban J connectivity index is 2.14. The number of nitrogen functional groups attached to an aromatic ring is 1. The molecule has 6 nitrogen and oxygen atoms in total. The lowest BCUT2D eigenvalue weighted by Crippen LogP contribution is -2.38. The number of hydrogen-bond acceptors (Lipinski definition) is 5. The highest BCUT2D eigenvalue weighted by molar-refractivity contribution is 5.67. The molecule has 2 N–H and O–H groups in total. The van der Waals surface area contributed by atoms with Crippen molar-refractivity contribution in [2.75, 3.05) is 12.3 Å². The predicted molar refractivity (Wildman–Crippen MR) is 76.1 cm³/mol. The van der Waals surface area contributed by atoms with Crippen LogP contribution in [0.3, 0.4) is 0 Å². The monoisotopic (exact) mass is 273 g/mol. The van der Waals surface area contributed by atoms with Gasteiger partial charge in [0, 0.05) is 17.9 Å². The van der Waals surface area contributed by atoms with Gasteiger partial charge in [-0.3, -0.25) is 0 Å². The topological polar surface area (TPSA) is 78.9 Å². The number of anilines is 1. The second-order valence-corrected chi connectivity index (χ2v) is 5.55. The molecule has 20 heavy (non-hydrogen) atoms. The summed E-state index contributed by atoms with van der Waals surface area (Å²) in [6.45, 7) is 6.91. The van der Waals surface area contributed by atoms with Crippen molar-refractivity contribution in [3.63, 3.8) is 0 Å². The van der Waals surface area contributed by atoms with Crippen LogP contribution in [-0.2, 0) is 10.3 Å². The van der Waals surface area contributed by atoms with E-state index in [-0.39, 0.29) is 11.6 Å². The largest absolute Gasteiger partial charge is 0.398 e. The second kappa shape index (κ2) is 4.56. The van der Waals surface area contributed by atoms with Gasteiger partial charge in [0.1, 0.15) is 0 Å². The van der Waals surface area contributed by atoms with Gasteiger partial charge in [0.25, 0.3) is 0 Å². The van der Waals surface area contributed by atoms with Crippen LogP contribution >= 0.6 is 0 Å². The molecule has 1 saturated heterocycles. The second-order valence-electron chi connectivity index (χ2n) is 5.55. The summed E-state index contributed by atoms with van der Waals surface area (Å²) in [5.41, 5.74) is 8.48. The zero-order valence-corrected chi connectivity index (χ0v) is 12.0. The lowest BCUT2D eigenvalue weighted by Gasteiger charge is -2.28. The first-order chi connectivity index (χ1) is 9.54. The van der Waals surface area contributed by atoms with E-state index in [2.05, 4.69) is 29.4 Å². The van der Waals surface area contributed by atoms with Crippen molar-refractivity contribution in [1.29, 1.82) is 0 Å². The third-order valence-corrected chi connectivity index (χ3v) is 4.42. The minimum atomic E-state index is -0.226. The smallest absolute Gasteiger partial charge is 0.182 e. The van der Waals surface area contributed by atoms with E-state index in [1.807, 2.05) is 29.8 Å². The Hall–Kier alpha value is -1.95. The van der Waals surface area contributed by atoms with Gasteiger partial charge >= 0.3 is 0 Å². The molecular weight excluding hydrogens is 254 g/mol. The summed E-state index contributed by atoms with van der Waals surface area (Å²) in [7, 11) is 0. The third kappa shape index (κ3) is 1.79.